The predicted octanol–water partition coefficient (Wildman–Crippen LogP) is 9.16. The van der Waals surface area contributed by atoms with E-state index in [0.717, 1.165) is 68.7 Å². The Balaban J connectivity index is 0.938. The maximum Gasteiger partial charge on any atom is 0.153 e. The summed E-state index contributed by atoms with van der Waals surface area (Å²) in [6.07, 6.45) is 10.5. The fourth-order valence-electron chi connectivity index (χ4n) is 9.02. The molecule has 2 saturated heterocycles. The monoisotopic (exact) mass is 681 g/mol. The molecule has 1 N–H and O–H groups in total. The highest BCUT2D eigenvalue weighted by molar-refractivity contribution is 5.81. The Morgan fingerprint density at radius 1 is 0.941 bits per heavy atom. The van der Waals surface area contributed by atoms with Crippen molar-refractivity contribution in [3.63, 3.8) is 0 Å². The lowest BCUT2D eigenvalue weighted by atomic mass is 9.59. The molecule has 7 nitrogen and oxygen atoms in total. The van der Waals surface area contributed by atoms with Crippen LogP contribution in [0.3, 0.4) is 0 Å². The van der Waals surface area contributed by atoms with Gasteiger partial charge in [0.1, 0.15) is 17.1 Å². The molecule has 1 saturated carbocycles. The molecule has 7 heteroatoms. The van der Waals surface area contributed by atoms with Crippen LogP contribution in [-0.4, -0.2) is 64.8 Å². The van der Waals surface area contributed by atoms with Gasteiger partial charge in [-0.05, 0) is 90.0 Å². The van der Waals surface area contributed by atoms with Gasteiger partial charge in [0, 0.05) is 74.7 Å². The summed E-state index contributed by atoms with van der Waals surface area (Å²) in [5.41, 5.74) is 8.74. The number of pyridine rings is 1. The van der Waals surface area contributed by atoms with Gasteiger partial charge in [-0.15, -0.1) is 0 Å². The van der Waals surface area contributed by atoms with Crippen LogP contribution >= 0.6 is 0 Å². The van der Waals surface area contributed by atoms with Crippen molar-refractivity contribution in [1.82, 2.24) is 19.8 Å². The number of fused-ring (bicyclic) bond motifs is 1. The highest BCUT2D eigenvalue weighted by atomic mass is 16.5. The second kappa shape index (κ2) is 14.3. The highest BCUT2D eigenvalue weighted by Crippen LogP contribution is 2.53. The summed E-state index contributed by atoms with van der Waals surface area (Å²) >= 11 is 0. The van der Waals surface area contributed by atoms with Crippen molar-refractivity contribution >= 4 is 23.0 Å². The van der Waals surface area contributed by atoms with Crippen LogP contribution in [0.15, 0.2) is 91.3 Å². The lowest BCUT2D eigenvalue weighted by Crippen LogP contribution is -2.60. The summed E-state index contributed by atoms with van der Waals surface area (Å²) in [5.74, 6) is 1.71. The van der Waals surface area contributed by atoms with E-state index in [-0.39, 0.29) is 0 Å². The van der Waals surface area contributed by atoms with E-state index >= 15 is 0 Å². The molecule has 8 rings (SSSR count). The number of rotatable bonds is 10. The van der Waals surface area contributed by atoms with Crippen molar-refractivity contribution in [1.29, 1.82) is 0 Å². The van der Waals surface area contributed by atoms with E-state index in [0.29, 0.717) is 40.5 Å². The molecule has 51 heavy (non-hydrogen) atoms. The molecule has 5 aromatic rings. The minimum atomic E-state index is 0.414. The molecule has 1 unspecified atom stereocenters. The standard InChI is InChI=1S/C44H51N5O2/c1-4-32-9-11-33(12-10-32)28-47-21-22-49(41(29-47)40-8-6-5-7-39(40)31(2)3)37-25-44(26-37)16-19-48(20-17-44)36-14-13-35(30-50)42(24-36)51-38-23-34-15-18-45-43(34)46-27-38/h5-15,18,23-24,27,30-31,37,41H,4,16-17,19-22,25-26,28-29H2,1-3H3,(H,45,46). The number of ether oxygens (including phenoxy) is 1. The van der Waals surface area contributed by atoms with E-state index in [1.54, 1.807) is 6.20 Å². The molecule has 1 spiro atoms. The second-order valence-electron chi connectivity index (χ2n) is 15.5. The Bertz CT molecular complexity index is 1970. The molecular formula is C44H51N5O2. The van der Waals surface area contributed by atoms with Gasteiger partial charge in [-0.25, -0.2) is 4.98 Å². The molecule has 0 amide bonds. The van der Waals surface area contributed by atoms with Gasteiger partial charge >= 0.3 is 0 Å². The SMILES string of the molecule is CCc1ccc(CN2CCN(C3CC4(CCN(c5ccc(C=O)c(Oc6cnc7[nH]ccc7c6)c5)CC4)C3)C(c3ccccc3C(C)C)C2)cc1. The van der Waals surface area contributed by atoms with E-state index in [2.05, 4.69) is 100 Å². The Hall–Kier alpha value is -4.46. The molecule has 1 atom stereocenters. The van der Waals surface area contributed by atoms with E-state index in [1.165, 1.54) is 47.9 Å². The van der Waals surface area contributed by atoms with Crippen molar-refractivity contribution in [3.05, 3.63) is 119 Å². The van der Waals surface area contributed by atoms with Crippen molar-refractivity contribution in [3.8, 4) is 11.5 Å². The number of nitrogens with zero attached hydrogens (tertiary/aromatic N) is 4. The average molecular weight is 682 g/mol. The smallest absolute Gasteiger partial charge is 0.153 e. The van der Waals surface area contributed by atoms with E-state index < -0.39 is 0 Å². The minimum Gasteiger partial charge on any atom is -0.455 e. The number of nitrogens with one attached hydrogen (secondary N) is 1. The van der Waals surface area contributed by atoms with Gasteiger partial charge in [-0.3, -0.25) is 14.6 Å². The van der Waals surface area contributed by atoms with Gasteiger partial charge in [0.15, 0.2) is 6.29 Å². The number of benzene rings is 3. The van der Waals surface area contributed by atoms with Gasteiger partial charge in [-0.2, -0.15) is 0 Å². The number of H-pyrrole nitrogens is 1. The zero-order chi connectivity index (χ0) is 35.0. The zero-order valence-electron chi connectivity index (χ0n) is 30.4. The summed E-state index contributed by atoms with van der Waals surface area (Å²) in [4.78, 5) is 27.6. The first kappa shape index (κ1) is 33.7. The first-order valence-corrected chi connectivity index (χ1v) is 19.0. The molecule has 264 valence electrons. The summed E-state index contributed by atoms with van der Waals surface area (Å²) in [7, 11) is 0. The molecule has 3 fully saturated rings. The van der Waals surface area contributed by atoms with Crippen molar-refractivity contribution in [2.45, 2.75) is 77.4 Å². The lowest BCUT2D eigenvalue weighted by Gasteiger charge is -2.58. The average Bonchev–Trinajstić information content (AvgIpc) is 3.62. The van der Waals surface area contributed by atoms with Gasteiger partial charge in [0.2, 0.25) is 0 Å². The Morgan fingerprint density at radius 2 is 1.73 bits per heavy atom. The van der Waals surface area contributed by atoms with Crippen LogP contribution in [0.2, 0.25) is 0 Å². The maximum atomic E-state index is 11.9. The van der Waals surface area contributed by atoms with Crippen LogP contribution in [0.4, 0.5) is 5.69 Å². The number of carbonyl (C=O) groups is 1. The number of aldehydes is 1. The summed E-state index contributed by atoms with van der Waals surface area (Å²) in [5, 5.41) is 0.978. The number of carbonyl (C=O) groups excluding carboxylic acids is 1. The van der Waals surface area contributed by atoms with Gasteiger partial charge in [0.05, 0.1) is 11.8 Å². The first-order valence-electron chi connectivity index (χ1n) is 19.0. The van der Waals surface area contributed by atoms with Crippen LogP contribution in [0, 0.1) is 5.41 Å². The summed E-state index contributed by atoms with van der Waals surface area (Å²) in [6.45, 7) is 13.3. The summed E-state index contributed by atoms with van der Waals surface area (Å²) < 4.78 is 6.24. The number of aryl methyl sites for hydroxylation is 1. The Labute approximate surface area is 302 Å². The third-order valence-electron chi connectivity index (χ3n) is 12.0. The zero-order valence-corrected chi connectivity index (χ0v) is 30.4. The van der Waals surface area contributed by atoms with Crippen molar-refractivity contribution < 1.29 is 9.53 Å². The number of anilines is 1. The maximum absolute atomic E-state index is 11.9. The van der Waals surface area contributed by atoms with Crippen LogP contribution in [0.5, 0.6) is 11.5 Å². The minimum absolute atomic E-state index is 0.414. The highest BCUT2D eigenvalue weighted by Gasteiger charge is 2.50. The molecule has 2 aliphatic heterocycles. The fraction of sp³-hybridized carbons (Fsp3) is 0.409. The molecule has 2 aromatic heterocycles. The topological polar surface area (TPSA) is 64.7 Å². The number of piperidine rings is 1. The molecule has 3 aliphatic rings. The lowest BCUT2D eigenvalue weighted by molar-refractivity contribution is -0.0628. The van der Waals surface area contributed by atoms with E-state index in [1.807, 2.05) is 30.5 Å². The van der Waals surface area contributed by atoms with Crippen LogP contribution in [0.25, 0.3) is 11.0 Å². The number of hydrogen-bond acceptors (Lipinski definition) is 6. The van der Waals surface area contributed by atoms with E-state index in [4.69, 9.17) is 4.74 Å². The third-order valence-corrected chi connectivity index (χ3v) is 12.0. The molecule has 3 aromatic carbocycles. The van der Waals surface area contributed by atoms with E-state index in [9.17, 15) is 4.79 Å². The quantitative estimate of drug-likeness (QED) is 0.148. The van der Waals surface area contributed by atoms with Gasteiger partial charge < -0.3 is 14.6 Å². The van der Waals surface area contributed by atoms with Crippen LogP contribution < -0.4 is 9.64 Å². The Kier molecular flexibility index (Phi) is 9.43. The Morgan fingerprint density at radius 3 is 2.49 bits per heavy atom. The normalized spacial score (nSPS) is 19.8. The van der Waals surface area contributed by atoms with Crippen molar-refractivity contribution in [2.24, 2.45) is 5.41 Å². The predicted molar refractivity (Wildman–Crippen MR) is 206 cm³/mol. The fourth-order valence-corrected chi connectivity index (χ4v) is 9.02. The molecule has 4 heterocycles. The molecule has 0 bridgehead atoms. The molecule has 0 radical (unpaired) electrons. The number of hydrogen-bond donors (Lipinski definition) is 1. The summed E-state index contributed by atoms with van der Waals surface area (Å²) in [6, 6.07) is 29.4. The van der Waals surface area contributed by atoms with Crippen LogP contribution in [0.1, 0.15) is 91.0 Å². The first-order chi connectivity index (χ1) is 24.9. The number of piperazine rings is 1. The molecule has 1 aliphatic carbocycles. The van der Waals surface area contributed by atoms with Crippen molar-refractivity contribution in [2.75, 3.05) is 37.6 Å². The second-order valence-corrected chi connectivity index (χ2v) is 15.5. The number of aromatic amines is 1. The number of aromatic nitrogens is 2. The van der Waals surface area contributed by atoms with Gasteiger partial charge in [-0.1, -0.05) is 69.3 Å². The van der Waals surface area contributed by atoms with Gasteiger partial charge in [0.25, 0.3) is 0 Å². The molecular weight excluding hydrogens is 631 g/mol. The third kappa shape index (κ3) is 6.94. The largest absolute Gasteiger partial charge is 0.455 e. The van der Waals surface area contributed by atoms with Crippen LogP contribution in [-0.2, 0) is 13.0 Å².